The molecule has 2 heterocycles. The zero-order chi connectivity index (χ0) is 12.4. The second kappa shape index (κ2) is 5.04. The van der Waals surface area contributed by atoms with E-state index in [-0.39, 0.29) is 24.0 Å². The molecule has 0 aromatic heterocycles. The molecule has 5 nitrogen and oxygen atoms in total. The van der Waals surface area contributed by atoms with Crippen LogP contribution in [0.25, 0.3) is 0 Å². The number of carbonyl (C=O) groups excluding carboxylic acids is 2. The first-order valence-corrected chi connectivity index (χ1v) is 6.22. The molecule has 2 atom stereocenters. The van der Waals surface area contributed by atoms with Gasteiger partial charge in [0.2, 0.25) is 11.8 Å². The summed E-state index contributed by atoms with van der Waals surface area (Å²) in [6.45, 7) is 1.44. The number of hydrogen-bond acceptors (Lipinski definition) is 3. The summed E-state index contributed by atoms with van der Waals surface area (Å²) in [5.41, 5.74) is 0. The molecule has 0 aliphatic carbocycles. The lowest BCUT2D eigenvalue weighted by atomic mass is 10.1. The van der Waals surface area contributed by atoms with Gasteiger partial charge in [0.05, 0.1) is 6.10 Å². The highest BCUT2D eigenvalue weighted by molar-refractivity contribution is 5.90. The van der Waals surface area contributed by atoms with E-state index in [1.165, 1.54) is 0 Å². The van der Waals surface area contributed by atoms with Crippen LogP contribution in [-0.2, 0) is 14.3 Å². The van der Waals surface area contributed by atoms with Crippen LogP contribution >= 0.6 is 0 Å². The molecule has 2 amide bonds. The number of amides is 2. The number of hydrogen-bond donors (Lipinski definition) is 0. The molecule has 0 saturated carbocycles. The molecule has 2 aliphatic rings. The molecule has 17 heavy (non-hydrogen) atoms. The van der Waals surface area contributed by atoms with Crippen LogP contribution in [-0.4, -0.2) is 61.0 Å². The summed E-state index contributed by atoms with van der Waals surface area (Å²) in [6.07, 6.45) is 3.40. The first kappa shape index (κ1) is 12.4. The fourth-order valence-electron chi connectivity index (χ4n) is 2.53. The van der Waals surface area contributed by atoms with Gasteiger partial charge in [0, 0.05) is 33.7 Å². The standard InChI is InChI=1S/C12H20N2O3/c1-13(8-9-4-3-7-17-9)12(16)10-5-6-11(15)14(10)2/h9-10H,3-8H2,1-2H3/t9-,10-/m1/s1. The van der Waals surface area contributed by atoms with Gasteiger partial charge in [-0.1, -0.05) is 0 Å². The Kier molecular flexibility index (Phi) is 3.66. The smallest absolute Gasteiger partial charge is 0.245 e. The zero-order valence-electron chi connectivity index (χ0n) is 10.5. The lowest BCUT2D eigenvalue weighted by Gasteiger charge is -2.27. The minimum absolute atomic E-state index is 0.0360. The molecule has 0 N–H and O–H groups in total. The Bertz CT molecular complexity index is 313. The minimum atomic E-state index is -0.270. The van der Waals surface area contributed by atoms with Crippen LogP contribution < -0.4 is 0 Å². The Morgan fingerprint density at radius 1 is 1.53 bits per heavy atom. The van der Waals surface area contributed by atoms with Gasteiger partial charge < -0.3 is 14.5 Å². The Balaban J connectivity index is 1.88. The lowest BCUT2D eigenvalue weighted by molar-refractivity contribution is -0.140. The van der Waals surface area contributed by atoms with Gasteiger partial charge in [-0.25, -0.2) is 0 Å². The van der Waals surface area contributed by atoms with Crippen molar-refractivity contribution in [1.29, 1.82) is 0 Å². The Labute approximate surface area is 102 Å². The van der Waals surface area contributed by atoms with Gasteiger partial charge >= 0.3 is 0 Å². The molecular weight excluding hydrogens is 220 g/mol. The summed E-state index contributed by atoms with van der Waals surface area (Å²) in [6, 6.07) is -0.270. The average molecular weight is 240 g/mol. The van der Waals surface area contributed by atoms with E-state index in [0.717, 1.165) is 19.4 Å². The second-order valence-corrected chi connectivity index (χ2v) is 4.91. The van der Waals surface area contributed by atoms with Gasteiger partial charge in [0.1, 0.15) is 6.04 Å². The van der Waals surface area contributed by atoms with Crippen molar-refractivity contribution in [3.05, 3.63) is 0 Å². The Hall–Kier alpha value is -1.10. The number of ether oxygens (including phenoxy) is 1. The van der Waals surface area contributed by atoms with Crippen LogP contribution in [0.15, 0.2) is 0 Å². The third kappa shape index (κ3) is 2.60. The minimum Gasteiger partial charge on any atom is -0.376 e. The van der Waals surface area contributed by atoms with Crippen molar-refractivity contribution in [2.75, 3.05) is 27.2 Å². The van der Waals surface area contributed by atoms with Crippen LogP contribution in [0.5, 0.6) is 0 Å². The highest BCUT2D eigenvalue weighted by atomic mass is 16.5. The third-order valence-electron chi connectivity index (χ3n) is 3.66. The molecule has 2 aliphatic heterocycles. The van der Waals surface area contributed by atoms with E-state index in [4.69, 9.17) is 4.74 Å². The van der Waals surface area contributed by atoms with E-state index in [1.54, 1.807) is 23.9 Å². The zero-order valence-corrected chi connectivity index (χ0v) is 10.5. The quantitative estimate of drug-likeness (QED) is 0.710. The highest BCUT2D eigenvalue weighted by Crippen LogP contribution is 2.19. The van der Waals surface area contributed by atoms with Crippen molar-refractivity contribution in [2.24, 2.45) is 0 Å². The van der Waals surface area contributed by atoms with Gasteiger partial charge in [-0.05, 0) is 19.3 Å². The summed E-state index contributed by atoms with van der Waals surface area (Å²) in [5, 5.41) is 0. The predicted octanol–water partition coefficient (Wildman–Crippen LogP) is 0.245. The molecule has 96 valence electrons. The summed E-state index contributed by atoms with van der Waals surface area (Å²) in [4.78, 5) is 26.8. The van der Waals surface area contributed by atoms with Gasteiger partial charge in [-0.15, -0.1) is 0 Å². The molecule has 0 spiro atoms. The van der Waals surface area contributed by atoms with Crippen molar-refractivity contribution in [1.82, 2.24) is 9.80 Å². The molecule has 5 heteroatoms. The monoisotopic (exact) mass is 240 g/mol. The largest absolute Gasteiger partial charge is 0.376 e. The molecule has 2 rings (SSSR count). The molecule has 0 bridgehead atoms. The number of likely N-dealkylation sites (tertiary alicyclic amines) is 1. The predicted molar refractivity (Wildman–Crippen MR) is 62.4 cm³/mol. The lowest BCUT2D eigenvalue weighted by Crippen LogP contribution is -2.45. The van der Waals surface area contributed by atoms with Crippen LogP contribution in [0.4, 0.5) is 0 Å². The van der Waals surface area contributed by atoms with Crippen molar-refractivity contribution in [3.8, 4) is 0 Å². The van der Waals surface area contributed by atoms with E-state index in [1.807, 2.05) is 0 Å². The summed E-state index contributed by atoms with van der Waals surface area (Å²) < 4.78 is 5.51. The molecule has 2 fully saturated rings. The highest BCUT2D eigenvalue weighted by Gasteiger charge is 2.35. The number of carbonyl (C=O) groups is 2. The first-order valence-electron chi connectivity index (χ1n) is 6.22. The van der Waals surface area contributed by atoms with Crippen LogP contribution in [0, 0.1) is 0 Å². The van der Waals surface area contributed by atoms with E-state index >= 15 is 0 Å². The van der Waals surface area contributed by atoms with E-state index < -0.39 is 0 Å². The van der Waals surface area contributed by atoms with Crippen molar-refractivity contribution >= 4 is 11.8 Å². The average Bonchev–Trinajstić information content (AvgIpc) is 2.90. The number of rotatable bonds is 3. The van der Waals surface area contributed by atoms with Gasteiger partial charge in [0.15, 0.2) is 0 Å². The SMILES string of the molecule is CN(C[C@H]1CCCO1)C(=O)[C@H]1CCC(=O)N1C. The molecule has 2 saturated heterocycles. The van der Waals surface area contributed by atoms with Crippen molar-refractivity contribution < 1.29 is 14.3 Å². The summed E-state index contributed by atoms with van der Waals surface area (Å²) in [7, 11) is 3.50. The maximum atomic E-state index is 12.2. The topological polar surface area (TPSA) is 49.9 Å². The Morgan fingerprint density at radius 3 is 2.82 bits per heavy atom. The van der Waals surface area contributed by atoms with Crippen LogP contribution in [0.3, 0.4) is 0 Å². The van der Waals surface area contributed by atoms with Crippen molar-refractivity contribution in [3.63, 3.8) is 0 Å². The molecule has 0 aromatic rings. The van der Waals surface area contributed by atoms with Gasteiger partial charge in [-0.3, -0.25) is 9.59 Å². The van der Waals surface area contributed by atoms with Crippen LogP contribution in [0.1, 0.15) is 25.7 Å². The summed E-state index contributed by atoms with van der Waals surface area (Å²) in [5.74, 6) is 0.0997. The molecular formula is C12H20N2O3. The Morgan fingerprint density at radius 2 is 2.29 bits per heavy atom. The second-order valence-electron chi connectivity index (χ2n) is 4.91. The molecule has 0 radical (unpaired) electrons. The fourth-order valence-corrected chi connectivity index (χ4v) is 2.53. The molecule has 0 unspecified atom stereocenters. The number of likely N-dealkylation sites (N-methyl/N-ethyl adjacent to an activating group) is 2. The molecule has 0 aromatic carbocycles. The summed E-state index contributed by atoms with van der Waals surface area (Å²) >= 11 is 0. The normalized spacial score (nSPS) is 28.8. The maximum Gasteiger partial charge on any atom is 0.245 e. The van der Waals surface area contributed by atoms with Gasteiger partial charge in [-0.2, -0.15) is 0 Å². The maximum absolute atomic E-state index is 12.2. The van der Waals surface area contributed by atoms with Crippen LogP contribution in [0.2, 0.25) is 0 Å². The third-order valence-corrected chi connectivity index (χ3v) is 3.66. The van der Waals surface area contributed by atoms with Gasteiger partial charge in [0.25, 0.3) is 0 Å². The number of nitrogens with zero attached hydrogens (tertiary/aromatic N) is 2. The fraction of sp³-hybridized carbons (Fsp3) is 0.833. The van der Waals surface area contributed by atoms with E-state index in [2.05, 4.69) is 0 Å². The van der Waals surface area contributed by atoms with E-state index in [0.29, 0.717) is 19.4 Å². The van der Waals surface area contributed by atoms with Crippen molar-refractivity contribution in [2.45, 2.75) is 37.8 Å². The van der Waals surface area contributed by atoms with E-state index in [9.17, 15) is 9.59 Å². The first-order chi connectivity index (χ1) is 8.09.